The summed E-state index contributed by atoms with van der Waals surface area (Å²) in [4.78, 5) is 21.5. The van der Waals surface area contributed by atoms with Gasteiger partial charge in [-0.15, -0.1) is 0 Å². The summed E-state index contributed by atoms with van der Waals surface area (Å²) in [5, 5.41) is 0. The molecule has 2 fully saturated rings. The Morgan fingerprint density at radius 2 is 1.65 bits per heavy atom. The van der Waals surface area contributed by atoms with Crippen LogP contribution in [0, 0.1) is 0 Å². The molecule has 0 bridgehead atoms. The maximum atomic E-state index is 13.0. The van der Waals surface area contributed by atoms with Crippen molar-refractivity contribution in [2.45, 2.75) is 43.0 Å². The number of nitrogens with zero attached hydrogens (tertiary/aromatic N) is 4. The van der Waals surface area contributed by atoms with Crippen LogP contribution in [0.3, 0.4) is 0 Å². The van der Waals surface area contributed by atoms with Crippen molar-refractivity contribution in [3.05, 3.63) is 54.2 Å². The molecule has 166 valence electrons. The number of carbonyl (C=O) groups is 1. The molecule has 0 unspecified atom stereocenters. The maximum Gasteiger partial charge on any atom is 0.253 e. The Kier molecular flexibility index (Phi) is 6.57. The minimum absolute atomic E-state index is 0.0646. The number of hydrogen-bond acceptors (Lipinski definition) is 5. The van der Waals surface area contributed by atoms with Crippen molar-refractivity contribution < 1.29 is 13.2 Å². The van der Waals surface area contributed by atoms with E-state index in [1.54, 1.807) is 37.5 Å². The number of sulfonamides is 1. The first kappa shape index (κ1) is 21.8. The Balaban J connectivity index is 1.39. The molecule has 1 aliphatic carbocycles. The van der Waals surface area contributed by atoms with Crippen LogP contribution < -0.4 is 4.90 Å². The fourth-order valence-corrected chi connectivity index (χ4v) is 5.85. The van der Waals surface area contributed by atoms with Crippen molar-refractivity contribution in [1.82, 2.24) is 14.2 Å². The molecule has 1 aromatic heterocycles. The number of piperazine rings is 1. The second-order valence-corrected chi connectivity index (χ2v) is 10.3. The Hall–Kier alpha value is -2.45. The molecule has 7 nitrogen and oxygen atoms in total. The van der Waals surface area contributed by atoms with Gasteiger partial charge in [-0.2, -0.15) is 4.31 Å². The Labute approximate surface area is 184 Å². The standard InChI is InChI=1S/C23H30N4O3S/c1-25(20-7-3-2-4-8-20)31(29,30)21-12-10-19(11-13-21)23(28)27-17-15-26(16-18-27)22-9-5-6-14-24-22/h5-6,9-14,20H,2-4,7-8,15-18H2,1H3. The predicted octanol–water partition coefficient (Wildman–Crippen LogP) is 3.00. The Bertz CT molecular complexity index is 981. The summed E-state index contributed by atoms with van der Waals surface area (Å²) >= 11 is 0. The molecular formula is C23H30N4O3S. The van der Waals surface area contributed by atoms with Crippen molar-refractivity contribution in [3.8, 4) is 0 Å². The lowest BCUT2D eigenvalue weighted by Crippen LogP contribution is -2.49. The second kappa shape index (κ2) is 9.36. The van der Waals surface area contributed by atoms with E-state index in [9.17, 15) is 13.2 Å². The second-order valence-electron chi connectivity index (χ2n) is 8.30. The molecule has 31 heavy (non-hydrogen) atoms. The average molecular weight is 443 g/mol. The van der Waals surface area contributed by atoms with Gasteiger partial charge in [-0.25, -0.2) is 13.4 Å². The quantitative estimate of drug-likeness (QED) is 0.712. The van der Waals surface area contributed by atoms with Crippen molar-refractivity contribution in [2.24, 2.45) is 0 Å². The molecule has 1 saturated heterocycles. The summed E-state index contributed by atoms with van der Waals surface area (Å²) < 4.78 is 27.5. The first-order chi connectivity index (χ1) is 15.0. The minimum atomic E-state index is -3.55. The lowest BCUT2D eigenvalue weighted by atomic mass is 9.96. The van der Waals surface area contributed by atoms with Crippen molar-refractivity contribution in [3.63, 3.8) is 0 Å². The van der Waals surface area contributed by atoms with E-state index in [0.29, 0.717) is 18.7 Å². The highest BCUT2D eigenvalue weighted by Gasteiger charge is 2.29. The Morgan fingerprint density at radius 1 is 0.968 bits per heavy atom. The largest absolute Gasteiger partial charge is 0.353 e. The van der Waals surface area contributed by atoms with Gasteiger partial charge in [0.25, 0.3) is 5.91 Å². The number of amides is 1. The van der Waals surface area contributed by atoms with Gasteiger partial charge in [0.05, 0.1) is 4.90 Å². The number of anilines is 1. The van der Waals surface area contributed by atoms with Crippen LogP contribution in [0.25, 0.3) is 0 Å². The van der Waals surface area contributed by atoms with Gasteiger partial charge in [-0.1, -0.05) is 25.3 Å². The maximum absolute atomic E-state index is 13.0. The molecule has 0 N–H and O–H groups in total. The van der Waals surface area contributed by atoms with E-state index in [1.807, 2.05) is 23.1 Å². The molecule has 2 aromatic rings. The molecule has 1 amide bonds. The van der Waals surface area contributed by atoms with Gasteiger partial charge in [0.2, 0.25) is 10.0 Å². The van der Waals surface area contributed by atoms with E-state index < -0.39 is 10.0 Å². The minimum Gasteiger partial charge on any atom is -0.353 e. The van der Waals surface area contributed by atoms with Crippen LogP contribution in [-0.2, 0) is 10.0 Å². The van der Waals surface area contributed by atoms with Crippen molar-refractivity contribution in [2.75, 3.05) is 38.1 Å². The summed E-state index contributed by atoms with van der Waals surface area (Å²) in [6.07, 6.45) is 6.93. The summed E-state index contributed by atoms with van der Waals surface area (Å²) in [6.45, 7) is 2.67. The lowest BCUT2D eigenvalue weighted by Gasteiger charge is -2.35. The van der Waals surface area contributed by atoms with Crippen LogP contribution in [0.2, 0.25) is 0 Å². The van der Waals surface area contributed by atoms with Crippen LogP contribution in [-0.4, -0.2) is 67.8 Å². The fraction of sp³-hybridized carbons (Fsp3) is 0.478. The molecule has 2 heterocycles. The van der Waals surface area contributed by atoms with Crippen molar-refractivity contribution >= 4 is 21.7 Å². The Morgan fingerprint density at radius 3 is 2.26 bits per heavy atom. The van der Waals surface area contributed by atoms with E-state index >= 15 is 0 Å². The first-order valence-electron chi connectivity index (χ1n) is 11.0. The third-order valence-electron chi connectivity index (χ3n) is 6.41. The molecule has 1 aromatic carbocycles. The SMILES string of the molecule is CN(C1CCCCC1)S(=O)(=O)c1ccc(C(=O)N2CCN(c3ccccn3)CC2)cc1. The predicted molar refractivity (Wildman–Crippen MR) is 121 cm³/mol. The topological polar surface area (TPSA) is 73.8 Å². The molecule has 2 aliphatic rings. The average Bonchev–Trinajstić information content (AvgIpc) is 2.84. The number of pyridine rings is 1. The van der Waals surface area contributed by atoms with E-state index in [0.717, 1.165) is 44.6 Å². The number of aromatic nitrogens is 1. The number of rotatable bonds is 5. The molecule has 4 rings (SSSR count). The zero-order chi connectivity index (χ0) is 21.8. The first-order valence-corrected chi connectivity index (χ1v) is 12.4. The normalized spacial score (nSPS) is 18.4. The third kappa shape index (κ3) is 4.75. The van der Waals surface area contributed by atoms with Crippen LogP contribution >= 0.6 is 0 Å². The number of carbonyl (C=O) groups excluding carboxylic acids is 1. The summed E-state index contributed by atoms with van der Waals surface area (Å²) in [5.74, 6) is 0.858. The van der Waals surface area contributed by atoms with Crippen LogP contribution in [0.15, 0.2) is 53.6 Å². The highest BCUT2D eigenvalue weighted by molar-refractivity contribution is 7.89. The smallest absolute Gasteiger partial charge is 0.253 e. The molecule has 1 aliphatic heterocycles. The molecule has 8 heteroatoms. The zero-order valence-electron chi connectivity index (χ0n) is 18.0. The van der Waals surface area contributed by atoms with E-state index in [4.69, 9.17) is 0 Å². The van der Waals surface area contributed by atoms with Gasteiger partial charge in [0, 0.05) is 51.0 Å². The molecule has 0 atom stereocenters. The summed E-state index contributed by atoms with van der Waals surface area (Å²) in [5.41, 5.74) is 0.519. The zero-order valence-corrected chi connectivity index (χ0v) is 18.8. The molecule has 0 radical (unpaired) electrons. The van der Waals surface area contributed by atoms with Crippen LogP contribution in [0.5, 0.6) is 0 Å². The van der Waals surface area contributed by atoms with Gasteiger partial charge < -0.3 is 9.80 Å². The van der Waals surface area contributed by atoms with Crippen LogP contribution in [0.1, 0.15) is 42.5 Å². The highest BCUT2D eigenvalue weighted by Crippen LogP contribution is 2.26. The molecule has 0 spiro atoms. The lowest BCUT2D eigenvalue weighted by molar-refractivity contribution is 0.0746. The monoisotopic (exact) mass is 442 g/mol. The van der Waals surface area contributed by atoms with Crippen molar-refractivity contribution in [1.29, 1.82) is 0 Å². The van der Waals surface area contributed by atoms with E-state index in [-0.39, 0.29) is 16.8 Å². The van der Waals surface area contributed by atoms with E-state index in [1.165, 1.54) is 10.7 Å². The van der Waals surface area contributed by atoms with Gasteiger partial charge in [-0.3, -0.25) is 4.79 Å². The van der Waals surface area contributed by atoms with Crippen LogP contribution in [0.4, 0.5) is 5.82 Å². The van der Waals surface area contributed by atoms with Gasteiger partial charge >= 0.3 is 0 Å². The highest BCUT2D eigenvalue weighted by atomic mass is 32.2. The van der Waals surface area contributed by atoms with E-state index in [2.05, 4.69) is 9.88 Å². The number of benzene rings is 1. The summed E-state index contributed by atoms with van der Waals surface area (Å²) in [6, 6.07) is 12.3. The van der Waals surface area contributed by atoms with Gasteiger partial charge in [-0.05, 0) is 49.2 Å². The van der Waals surface area contributed by atoms with Gasteiger partial charge in [0.15, 0.2) is 0 Å². The summed E-state index contributed by atoms with van der Waals surface area (Å²) in [7, 11) is -1.88. The van der Waals surface area contributed by atoms with Gasteiger partial charge in [0.1, 0.15) is 5.82 Å². The number of hydrogen-bond donors (Lipinski definition) is 0. The molecular weight excluding hydrogens is 412 g/mol. The molecule has 1 saturated carbocycles. The fourth-order valence-electron chi connectivity index (χ4n) is 4.44. The third-order valence-corrected chi connectivity index (χ3v) is 8.33.